The average Bonchev–Trinajstić information content (AvgIpc) is 0.811. The van der Waals surface area contributed by atoms with Gasteiger partial charge in [-0.2, -0.15) is 0 Å². The summed E-state index contributed by atoms with van der Waals surface area (Å²) in [5.74, 6) is 0. The molecule has 0 atom stereocenters. The molecule has 48 valence electrons. The summed E-state index contributed by atoms with van der Waals surface area (Å²) in [5.41, 5.74) is 0. The molecule has 0 unspecified atom stereocenters. The quantitative estimate of drug-likeness (QED) is 0.356. The summed E-state index contributed by atoms with van der Waals surface area (Å²) in [6.07, 6.45) is 0. The van der Waals surface area contributed by atoms with Crippen molar-refractivity contribution in [3.63, 3.8) is 0 Å². The van der Waals surface area contributed by atoms with Gasteiger partial charge in [0.05, 0.1) is 5.09 Å². The summed E-state index contributed by atoms with van der Waals surface area (Å²) in [7, 11) is 0. The fraction of sp³-hybridized carbons (Fsp3) is 0. The van der Waals surface area contributed by atoms with Crippen LogP contribution in [0.1, 0.15) is 0 Å². The van der Waals surface area contributed by atoms with Crippen LogP contribution in [-0.2, 0) is 34.1 Å². The first-order valence-corrected chi connectivity index (χ1v) is 0.548. The normalized spacial score (nSPS) is 3.43. The van der Waals surface area contributed by atoms with Crippen LogP contribution >= 0.6 is 17.0 Å². The smallest absolute Gasteiger partial charge is 0.0689 e. The Morgan fingerprint density at radius 3 is 1.14 bits per heavy atom. The Morgan fingerprint density at radius 1 is 1.14 bits per heavy atom. The molecule has 0 saturated carbocycles. The topological polar surface area (TPSA) is 66.2 Å². The second-order valence-corrected chi connectivity index (χ2v) is 0.224. The fourth-order valence-electron chi connectivity index (χ4n) is 0. The maximum Gasteiger partial charge on any atom is 0.0689 e. The van der Waals surface area contributed by atoms with Gasteiger partial charge in [0.15, 0.2) is 0 Å². The zero-order chi connectivity index (χ0) is 3.58. The summed E-state index contributed by atoms with van der Waals surface area (Å²) < 4.78 is 0. The molecule has 0 heterocycles. The Bertz CT molecular complexity index is 35.9. The molecular weight excluding hydrogens is 254 g/mol. The van der Waals surface area contributed by atoms with Gasteiger partial charge in [0, 0.05) is 34.1 Å². The minimum atomic E-state index is -1.75. The maximum absolute atomic E-state index is 8.25. The molecule has 0 aliphatic heterocycles. The zero-order valence-electron chi connectivity index (χ0n) is 2.79. The molecular formula is HBrFe2NO3-. The third-order valence-corrected chi connectivity index (χ3v) is 0. The minimum absolute atomic E-state index is 0. The van der Waals surface area contributed by atoms with Crippen molar-refractivity contribution in [3.8, 4) is 0 Å². The van der Waals surface area contributed by atoms with Crippen LogP contribution < -0.4 is 0 Å². The number of rotatable bonds is 0. The molecule has 0 spiro atoms. The largest absolute Gasteiger partial charge is 0.356 e. The van der Waals surface area contributed by atoms with Crippen LogP contribution in [-0.4, -0.2) is 5.09 Å². The van der Waals surface area contributed by atoms with E-state index in [1.165, 1.54) is 0 Å². The molecule has 0 rings (SSSR count). The molecule has 0 fully saturated rings. The van der Waals surface area contributed by atoms with Crippen LogP contribution in [0.5, 0.6) is 0 Å². The molecule has 0 aromatic carbocycles. The first kappa shape index (κ1) is 25.2. The standard InChI is InChI=1S/BrH.2Fe.NO3/c;;;2-1(3)4/h1H;;;/q;;;-1. The first-order chi connectivity index (χ1) is 1.73. The molecule has 7 heteroatoms. The van der Waals surface area contributed by atoms with E-state index in [-0.39, 0.29) is 51.1 Å². The van der Waals surface area contributed by atoms with Gasteiger partial charge in [0.1, 0.15) is 0 Å². The molecule has 0 aromatic heterocycles. The van der Waals surface area contributed by atoms with Crippen molar-refractivity contribution in [2.75, 3.05) is 0 Å². The monoisotopic (exact) mass is 254 g/mol. The molecule has 7 heavy (non-hydrogen) atoms. The van der Waals surface area contributed by atoms with Crippen molar-refractivity contribution in [2.24, 2.45) is 0 Å². The van der Waals surface area contributed by atoms with Gasteiger partial charge < -0.3 is 15.3 Å². The van der Waals surface area contributed by atoms with Gasteiger partial charge in [0.2, 0.25) is 0 Å². The first-order valence-electron chi connectivity index (χ1n) is 0.548. The van der Waals surface area contributed by atoms with Crippen LogP contribution in [0.25, 0.3) is 0 Å². The van der Waals surface area contributed by atoms with Crippen LogP contribution in [0.3, 0.4) is 0 Å². The Labute approximate surface area is 71.5 Å². The summed E-state index contributed by atoms with van der Waals surface area (Å²) in [4.78, 5) is 8.25. The van der Waals surface area contributed by atoms with Crippen LogP contribution in [0.2, 0.25) is 0 Å². The van der Waals surface area contributed by atoms with E-state index in [4.69, 9.17) is 15.3 Å². The average molecular weight is 255 g/mol. The van der Waals surface area contributed by atoms with Crippen LogP contribution in [0.4, 0.5) is 0 Å². The van der Waals surface area contributed by atoms with Crippen molar-refractivity contribution < 1.29 is 39.2 Å². The van der Waals surface area contributed by atoms with Gasteiger partial charge in [-0.05, 0) is 0 Å². The van der Waals surface area contributed by atoms with Gasteiger partial charge in [-0.3, -0.25) is 0 Å². The Kier molecular flexibility index (Phi) is 57.2. The fourth-order valence-corrected chi connectivity index (χ4v) is 0. The van der Waals surface area contributed by atoms with Crippen molar-refractivity contribution in [2.45, 2.75) is 0 Å². The molecule has 0 amide bonds. The number of nitrogens with zero attached hydrogens (tertiary/aromatic N) is 1. The summed E-state index contributed by atoms with van der Waals surface area (Å²) in [5, 5.41) is 14.8. The van der Waals surface area contributed by atoms with Crippen molar-refractivity contribution >= 4 is 17.0 Å². The third kappa shape index (κ3) is 289. The maximum atomic E-state index is 8.25. The van der Waals surface area contributed by atoms with Gasteiger partial charge in [-0.15, -0.1) is 17.0 Å². The Morgan fingerprint density at radius 2 is 1.14 bits per heavy atom. The molecule has 0 aliphatic carbocycles. The van der Waals surface area contributed by atoms with Crippen molar-refractivity contribution in [1.82, 2.24) is 0 Å². The second kappa shape index (κ2) is 15.9. The van der Waals surface area contributed by atoms with Crippen LogP contribution in [0.15, 0.2) is 0 Å². The van der Waals surface area contributed by atoms with Gasteiger partial charge in [-0.25, -0.2) is 0 Å². The SMILES string of the molecule is Br.O=[N+]([O-])[O-].[Fe].[Fe]. The molecule has 0 aromatic rings. The van der Waals surface area contributed by atoms with E-state index in [0.717, 1.165) is 0 Å². The summed E-state index contributed by atoms with van der Waals surface area (Å²) in [6.45, 7) is 0. The summed E-state index contributed by atoms with van der Waals surface area (Å²) >= 11 is 0. The third-order valence-electron chi connectivity index (χ3n) is 0. The molecule has 0 bridgehead atoms. The van der Waals surface area contributed by atoms with Crippen molar-refractivity contribution in [1.29, 1.82) is 0 Å². The Hall–Kier alpha value is 0.719. The Balaban J connectivity index is -0.0000000150. The minimum Gasteiger partial charge on any atom is -0.356 e. The van der Waals surface area contributed by atoms with E-state index in [0.29, 0.717) is 0 Å². The molecule has 0 N–H and O–H groups in total. The molecule has 0 aliphatic rings. The van der Waals surface area contributed by atoms with Crippen molar-refractivity contribution in [3.05, 3.63) is 15.3 Å². The van der Waals surface area contributed by atoms with E-state index >= 15 is 0 Å². The van der Waals surface area contributed by atoms with E-state index in [1.807, 2.05) is 0 Å². The summed E-state index contributed by atoms with van der Waals surface area (Å²) in [6, 6.07) is 0. The molecule has 0 saturated heterocycles. The van der Waals surface area contributed by atoms with E-state index in [2.05, 4.69) is 0 Å². The van der Waals surface area contributed by atoms with Gasteiger partial charge in [0.25, 0.3) is 0 Å². The predicted octanol–water partition coefficient (Wildman–Crippen LogP) is 0.334. The molecule has 0 radical (unpaired) electrons. The number of hydrogen-bond acceptors (Lipinski definition) is 3. The van der Waals surface area contributed by atoms with E-state index in [9.17, 15) is 0 Å². The predicted molar refractivity (Wildman–Crippen MR) is 20.7 cm³/mol. The van der Waals surface area contributed by atoms with E-state index < -0.39 is 5.09 Å². The van der Waals surface area contributed by atoms with Gasteiger partial charge in [-0.1, -0.05) is 0 Å². The van der Waals surface area contributed by atoms with Crippen LogP contribution in [0, 0.1) is 15.3 Å². The zero-order valence-corrected chi connectivity index (χ0v) is 6.71. The molecule has 4 nitrogen and oxygen atoms in total. The van der Waals surface area contributed by atoms with Gasteiger partial charge >= 0.3 is 0 Å². The number of hydrogen-bond donors (Lipinski definition) is 0. The second-order valence-electron chi connectivity index (χ2n) is 0.224. The van der Waals surface area contributed by atoms with E-state index in [1.54, 1.807) is 0 Å². The number of halogens is 1.